The third-order valence-corrected chi connectivity index (χ3v) is 4.33. The van der Waals surface area contributed by atoms with E-state index in [0.29, 0.717) is 10.8 Å². The van der Waals surface area contributed by atoms with Gasteiger partial charge in [-0.15, -0.1) is 0 Å². The van der Waals surface area contributed by atoms with Gasteiger partial charge in [-0.05, 0) is 40.9 Å². The lowest BCUT2D eigenvalue weighted by atomic mass is 9.68. The van der Waals surface area contributed by atoms with Gasteiger partial charge in [0.2, 0.25) is 0 Å². The van der Waals surface area contributed by atoms with Crippen LogP contribution in [0, 0.1) is 34.5 Å². The molecule has 2 aliphatic carbocycles. The van der Waals surface area contributed by atoms with E-state index in [1.807, 2.05) is 0 Å². The zero-order valence-corrected chi connectivity index (χ0v) is 10.0. The van der Waals surface area contributed by atoms with Crippen molar-refractivity contribution in [3.63, 3.8) is 0 Å². The first-order chi connectivity index (χ1) is 5.73. The molecule has 13 heavy (non-hydrogen) atoms. The summed E-state index contributed by atoms with van der Waals surface area (Å²) >= 11 is 0. The molecule has 0 aromatic rings. The van der Waals surface area contributed by atoms with Crippen molar-refractivity contribution < 1.29 is 0 Å². The van der Waals surface area contributed by atoms with Crippen molar-refractivity contribution in [3.05, 3.63) is 0 Å². The molecule has 0 aromatic carbocycles. The molecule has 2 aliphatic rings. The highest BCUT2D eigenvalue weighted by Crippen LogP contribution is 2.73. The van der Waals surface area contributed by atoms with Gasteiger partial charge >= 0.3 is 0 Å². The predicted octanol–water partition coefficient (Wildman–Crippen LogP) is 3.96. The van der Waals surface area contributed by atoms with Crippen LogP contribution in [0.5, 0.6) is 0 Å². The van der Waals surface area contributed by atoms with Crippen LogP contribution in [0.2, 0.25) is 0 Å². The molecule has 0 N–H and O–H groups in total. The Morgan fingerprint density at radius 2 is 1.38 bits per heavy atom. The van der Waals surface area contributed by atoms with Crippen molar-refractivity contribution in [3.8, 4) is 0 Å². The highest BCUT2D eigenvalue weighted by Gasteiger charge is 2.67. The van der Waals surface area contributed by atoms with E-state index in [2.05, 4.69) is 41.5 Å². The lowest BCUT2D eigenvalue weighted by molar-refractivity contribution is 0.122. The topological polar surface area (TPSA) is 0 Å². The van der Waals surface area contributed by atoms with E-state index in [9.17, 15) is 0 Å². The van der Waals surface area contributed by atoms with E-state index in [1.54, 1.807) is 0 Å². The van der Waals surface area contributed by atoms with Crippen LogP contribution in [-0.2, 0) is 0 Å². The molecule has 76 valence electrons. The Hall–Kier alpha value is 0. The second-order valence-corrected chi connectivity index (χ2v) is 7.34. The predicted molar refractivity (Wildman–Crippen MR) is 57.5 cm³/mol. The molecule has 0 radical (unpaired) electrons. The second-order valence-electron chi connectivity index (χ2n) is 7.34. The molecule has 0 nitrogen and oxygen atoms in total. The zero-order chi connectivity index (χ0) is 10.0. The van der Waals surface area contributed by atoms with Gasteiger partial charge in [0.05, 0.1) is 0 Å². The number of hydrogen-bond donors (Lipinski definition) is 0. The zero-order valence-electron chi connectivity index (χ0n) is 10.0. The molecule has 0 spiro atoms. The first kappa shape index (κ1) is 9.55. The van der Waals surface area contributed by atoms with Crippen LogP contribution in [0.15, 0.2) is 0 Å². The minimum atomic E-state index is 0.557. The van der Waals surface area contributed by atoms with Crippen molar-refractivity contribution in [2.24, 2.45) is 34.5 Å². The summed E-state index contributed by atoms with van der Waals surface area (Å²) in [7, 11) is 0. The Bertz CT molecular complexity index is 197. The van der Waals surface area contributed by atoms with Gasteiger partial charge in [0.1, 0.15) is 0 Å². The van der Waals surface area contributed by atoms with Crippen LogP contribution >= 0.6 is 0 Å². The first-order valence-corrected chi connectivity index (χ1v) is 5.73. The third kappa shape index (κ3) is 1.33. The maximum absolute atomic E-state index is 2.41. The molecule has 0 heterocycles. The van der Waals surface area contributed by atoms with Gasteiger partial charge in [0, 0.05) is 0 Å². The molecule has 2 saturated carbocycles. The fraction of sp³-hybridized carbons (Fsp3) is 1.00. The summed E-state index contributed by atoms with van der Waals surface area (Å²) in [5, 5.41) is 0. The molecule has 2 rings (SSSR count). The summed E-state index contributed by atoms with van der Waals surface area (Å²) in [6.07, 6.45) is 1.51. The average molecular weight is 180 g/mol. The summed E-state index contributed by atoms with van der Waals surface area (Å²) < 4.78 is 0. The van der Waals surface area contributed by atoms with Crippen molar-refractivity contribution in [1.82, 2.24) is 0 Å². The molecule has 0 aliphatic heterocycles. The third-order valence-electron chi connectivity index (χ3n) is 4.33. The van der Waals surface area contributed by atoms with Crippen molar-refractivity contribution in [1.29, 1.82) is 0 Å². The standard InChI is InChI=1S/C13H24/c1-12(2,3)9-7-8-10(9)11(8)13(4,5)6/h8-11H,7H2,1-6H3. The quantitative estimate of drug-likeness (QED) is 0.529. The van der Waals surface area contributed by atoms with Gasteiger partial charge in [0.25, 0.3) is 0 Å². The van der Waals surface area contributed by atoms with E-state index < -0.39 is 0 Å². The second kappa shape index (κ2) is 2.32. The molecule has 4 atom stereocenters. The van der Waals surface area contributed by atoms with Crippen molar-refractivity contribution in [2.75, 3.05) is 0 Å². The summed E-state index contributed by atoms with van der Waals surface area (Å²) in [5.74, 6) is 4.24. The molecule has 0 heteroatoms. The summed E-state index contributed by atoms with van der Waals surface area (Å²) in [4.78, 5) is 0. The van der Waals surface area contributed by atoms with Crippen molar-refractivity contribution in [2.45, 2.75) is 48.0 Å². The molecular formula is C13H24. The normalized spacial score (nSPS) is 43.8. The summed E-state index contributed by atoms with van der Waals surface area (Å²) in [6, 6.07) is 0. The molecule has 0 saturated heterocycles. The number of fused-ring (bicyclic) bond motifs is 1. The Morgan fingerprint density at radius 1 is 0.846 bits per heavy atom. The summed E-state index contributed by atoms with van der Waals surface area (Å²) in [5.41, 5.74) is 1.12. The fourth-order valence-electron chi connectivity index (χ4n) is 3.66. The monoisotopic (exact) mass is 180 g/mol. The van der Waals surface area contributed by atoms with Gasteiger partial charge < -0.3 is 0 Å². The highest BCUT2D eigenvalue weighted by atomic mass is 14.7. The van der Waals surface area contributed by atoms with Crippen LogP contribution in [0.3, 0.4) is 0 Å². The molecule has 0 amide bonds. The van der Waals surface area contributed by atoms with Crippen LogP contribution in [-0.4, -0.2) is 0 Å². The van der Waals surface area contributed by atoms with Gasteiger partial charge in [0.15, 0.2) is 0 Å². The molecule has 0 bridgehead atoms. The van der Waals surface area contributed by atoms with Gasteiger partial charge in [-0.25, -0.2) is 0 Å². The molecule has 4 unspecified atom stereocenters. The smallest absolute Gasteiger partial charge is 0.0300 e. The van der Waals surface area contributed by atoms with E-state index >= 15 is 0 Å². The Kier molecular flexibility index (Phi) is 1.71. The van der Waals surface area contributed by atoms with Crippen molar-refractivity contribution >= 4 is 0 Å². The first-order valence-electron chi connectivity index (χ1n) is 5.73. The SMILES string of the molecule is CC(C)(C)C1CC2C1C2C(C)(C)C. The minimum Gasteiger partial charge on any atom is -0.0599 e. The fourth-order valence-corrected chi connectivity index (χ4v) is 3.66. The average Bonchev–Trinajstić information content (AvgIpc) is 2.28. The number of hydrogen-bond acceptors (Lipinski definition) is 0. The van der Waals surface area contributed by atoms with Crippen LogP contribution in [0.25, 0.3) is 0 Å². The van der Waals surface area contributed by atoms with E-state index in [1.165, 1.54) is 6.42 Å². The van der Waals surface area contributed by atoms with Gasteiger partial charge in [-0.2, -0.15) is 0 Å². The lowest BCUT2D eigenvalue weighted by Crippen LogP contribution is -2.29. The van der Waals surface area contributed by atoms with E-state index in [-0.39, 0.29) is 0 Å². The maximum Gasteiger partial charge on any atom is -0.0300 e. The Morgan fingerprint density at radius 3 is 1.62 bits per heavy atom. The Labute approximate surface area is 83.1 Å². The largest absolute Gasteiger partial charge is 0.0599 e. The van der Waals surface area contributed by atoms with Gasteiger partial charge in [-0.1, -0.05) is 41.5 Å². The van der Waals surface area contributed by atoms with E-state index in [4.69, 9.17) is 0 Å². The van der Waals surface area contributed by atoms with Crippen LogP contribution in [0.1, 0.15) is 48.0 Å². The molecular weight excluding hydrogens is 156 g/mol. The van der Waals surface area contributed by atoms with Crippen LogP contribution < -0.4 is 0 Å². The lowest BCUT2D eigenvalue weighted by Gasteiger charge is -2.37. The minimum absolute atomic E-state index is 0.557. The highest BCUT2D eigenvalue weighted by molar-refractivity contribution is 5.15. The van der Waals surface area contributed by atoms with E-state index in [0.717, 1.165) is 23.7 Å². The maximum atomic E-state index is 2.41. The van der Waals surface area contributed by atoms with Gasteiger partial charge in [-0.3, -0.25) is 0 Å². The molecule has 0 aromatic heterocycles. The summed E-state index contributed by atoms with van der Waals surface area (Å²) in [6.45, 7) is 14.5. The van der Waals surface area contributed by atoms with Crippen LogP contribution in [0.4, 0.5) is 0 Å². The Balaban J connectivity index is 2.01. The molecule has 2 fully saturated rings. The number of rotatable bonds is 0.